The van der Waals surface area contributed by atoms with E-state index in [-0.39, 0.29) is 12.1 Å². The molecule has 0 saturated heterocycles. The summed E-state index contributed by atoms with van der Waals surface area (Å²) >= 11 is 0. The third-order valence-corrected chi connectivity index (χ3v) is 5.05. The lowest BCUT2D eigenvalue weighted by molar-refractivity contribution is 0.139. The number of methoxy groups -OCH3 is 1. The van der Waals surface area contributed by atoms with Crippen LogP contribution < -0.4 is 10.1 Å². The monoisotopic (exact) mass is 343 g/mol. The van der Waals surface area contributed by atoms with Crippen molar-refractivity contribution in [3.05, 3.63) is 30.1 Å². The lowest BCUT2D eigenvalue weighted by Gasteiger charge is -2.37. The lowest BCUT2D eigenvalue weighted by atomic mass is 9.80. The van der Waals surface area contributed by atoms with E-state index in [1.807, 2.05) is 31.3 Å². The molecule has 3 rings (SSSR count). The summed E-state index contributed by atoms with van der Waals surface area (Å²) < 4.78 is 5.15. The summed E-state index contributed by atoms with van der Waals surface area (Å²) in [6.45, 7) is 2.43. The van der Waals surface area contributed by atoms with Gasteiger partial charge in [0.25, 0.3) is 0 Å². The number of urea groups is 1. The number of ether oxygens (including phenoxy) is 1. The number of carbonyl (C=O) groups is 1. The molecule has 1 saturated carbocycles. The number of nitrogens with one attached hydrogen (secondary N) is 2. The van der Waals surface area contributed by atoms with Crippen LogP contribution in [0.2, 0.25) is 0 Å². The molecule has 2 N–H and O–H groups in total. The molecular weight excluding hydrogens is 318 g/mol. The molecule has 1 aromatic carbocycles. The minimum atomic E-state index is -0.0817. The summed E-state index contributed by atoms with van der Waals surface area (Å²) in [5.74, 6) is 2.64. The highest BCUT2D eigenvalue weighted by molar-refractivity contribution is 5.74. The van der Waals surface area contributed by atoms with Crippen LogP contribution in [0.25, 0.3) is 11.4 Å². The van der Waals surface area contributed by atoms with Crippen LogP contribution in [0.15, 0.2) is 24.3 Å². The molecule has 1 aliphatic carbocycles. The van der Waals surface area contributed by atoms with Gasteiger partial charge in [0.2, 0.25) is 0 Å². The predicted octanol–water partition coefficient (Wildman–Crippen LogP) is 2.81. The Bertz CT molecular complexity index is 709. The van der Waals surface area contributed by atoms with E-state index < -0.39 is 0 Å². The Labute approximate surface area is 147 Å². The van der Waals surface area contributed by atoms with Crippen LogP contribution in [0.4, 0.5) is 4.79 Å². The second kappa shape index (κ2) is 7.55. The number of H-pyrrole nitrogens is 1. The number of nitrogens with zero attached hydrogens (tertiary/aromatic N) is 3. The number of benzene rings is 1. The van der Waals surface area contributed by atoms with Crippen LogP contribution in [0.3, 0.4) is 0 Å². The first kappa shape index (κ1) is 17.3. The summed E-state index contributed by atoms with van der Waals surface area (Å²) in [6, 6.07) is 7.71. The maximum atomic E-state index is 12.3. The van der Waals surface area contributed by atoms with Crippen molar-refractivity contribution in [2.45, 2.75) is 38.8 Å². The van der Waals surface area contributed by atoms with Crippen LogP contribution in [-0.2, 0) is 6.54 Å². The second-order valence-electron chi connectivity index (χ2n) is 6.54. The van der Waals surface area contributed by atoms with Gasteiger partial charge in [0.1, 0.15) is 11.6 Å². The van der Waals surface area contributed by atoms with Gasteiger partial charge in [-0.3, -0.25) is 5.10 Å². The van der Waals surface area contributed by atoms with E-state index in [1.165, 1.54) is 19.3 Å². The van der Waals surface area contributed by atoms with Crippen molar-refractivity contribution >= 4 is 6.03 Å². The number of aromatic amines is 1. The first-order valence-electron chi connectivity index (χ1n) is 8.65. The number of hydrogen-bond acceptors (Lipinski definition) is 4. The van der Waals surface area contributed by atoms with Gasteiger partial charge in [0, 0.05) is 18.7 Å². The molecule has 25 heavy (non-hydrogen) atoms. The summed E-state index contributed by atoms with van der Waals surface area (Å²) in [6.07, 6.45) is 3.70. The minimum Gasteiger partial charge on any atom is -0.497 e. The highest BCUT2D eigenvalue weighted by Crippen LogP contribution is 2.31. The highest BCUT2D eigenvalue weighted by atomic mass is 16.5. The Morgan fingerprint density at radius 1 is 1.40 bits per heavy atom. The highest BCUT2D eigenvalue weighted by Gasteiger charge is 2.28. The van der Waals surface area contributed by atoms with Crippen molar-refractivity contribution in [2.75, 3.05) is 14.2 Å². The molecule has 2 aromatic rings. The quantitative estimate of drug-likeness (QED) is 0.845. The fourth-order valence-electron chi connectivity index (χ4n) is 2.95. The molecule has 1 fully saturated rings. The Hall–Kier alpha value is -2.57. The fourth-order valence-corrected chi connectivity index (χ4v) is 2.95. The van der Waals surface area contributed by atoms with Gasteiger partial charge >= 0.3 is 6.03 Å². The van der Waals surface area contributed by atoms with Gasteiger partial charge < -0.3 is 15.0 Å². The number of amides is 2. The van der Waals surface area contributed by atoms with Crippen molar-refractivity contribution in [1.82, 2.24) is 25.4 Å². The van der Waals surface area contributed by atoms with Gasteiger partial charge in [0.05, 0.1) is 13.7 Å². The normalized spacial score (nSPS) is 15.3. The molecular formula is C18H25N5O2. The number of rotatable bonds is 6. The Balaban J connectivity index is 1.54. The Morgan fingerprint density at radius 2 is 2.12 bits per heavy atom. The van der Waals surface area contributed by atoms with Gasteiger partial charge in [-0.1, -0.05) is 6.42 Å². The van der Waals surface area contributed by atoms with Crippen molar-refractivity contribution < 1.29 is 9.53 Å². The van der Waals surface area contributed by atoms with E-state index in [0.717, 1.165) is 11.3 Å². The topological polar surface area (TPSA) is 83.1 Å². The molecule has 7 nitrogen and oxygen atoms in total. The maximum absolute atomic E-state index is 12.3. The SMILES string of the molecule is COc1ccc(-c2n[nH]c(CNC(=O)N(C)[C@H](C)C3CCC3)n2)cc1. The van der Waals surface area contributed by atoms with Crippen LogP contribution in [-0.4, -0.2) is 46.3 Å². The molecule has 1 atom stereocenters. The molecule has 7 heteroatoms. The first-order chi connectivity index (χ1) is 12.1. The van der Waals surface area contributed by atoms with Crippen LogP contribution in [0, 0.1) is 5.92 Å². The molecule has 134 valence electrons. The zero-order chi connectivity index (χ0) is 17.8. The van der Waals surface area contributed by atoms with E-state index in [4.69, 9.17) is 4.74 Å². The van der Waals surface area contributed by atoms with Gasteiger partial charge in [-0.15, -0.1) is 0 Å². The molecule has 1 aliphatic rings. The van der Waals surface area contributed by atoms with Crippen LogP contribution in [0.5, 0.6) is 5.75 Å². The van der Waals surface area contributed by atoms with Crippen molar-refractivity contribution in [1.29, 1.82) is 0 Å². The number of carbonyl (C=O) groups excluding carboxylic acids is 1. The van der Waals surface area contributed by atoms with Crippen molar-refractivity contribution in [2.24, 2.45) is 5.92 Å². The molecule has 0 unspecified atom stereocenters. The van der Waals surface area contributed by atoms with Crippen molar-refractivity contribution in [3.8, 4) is 17.1 Å². The average Bonchev–Trinajstić information content (AvgIpc) is 3.06. The predicted molar refractivity (Wildman–Crippen MR) is 95.2 cm³/mol. The molecule has 0 bridgehead atoms. The van der Waals surface area contributed by atoms with Gasteiger partial charge in [-0.2, -0.15) is 5.10 Å². The van der Waals surface area contributed by atoms with Crippen LogP contribution in [0.1, 0.15) is 32.0 Å². The molecule has 0 spiro atoms. The minimum absolute atomic E-state index is 0.0817. The third kappa shape index (κ3) is 3.92. The summed E-state index contributed by atoms with van der Waals surface area (Å²) in [4.78, 5) is 18.5. The van der Waals surface area contributed by atoms with Gasteiger partial charge in [-0.25, -0.2) is 9.78 Å². The Kier molecular flexibility index (Phi) is 5.21. The second-order valence-corrected chi connectivity index (χ2v) is 6.54. The molecule has 2 amide bonds. The van der Waals surface area contributed by atoms with E-state index >= 15 is 0 Å². The standard InChI is InChI=1S/C18H25N5O2/c1-12(13-5-4-6-13)23(2)18(24)19-11-16-20-17(22-21-16)14-7-9-15(25-3)10-8-14/h7-10,12-13H,4-6,11H2,1-3H3,(H,19,24)(H,20,21,22)/t12-/m1/s1. The molecule has 0 radical (unpaired) electrons. The zero-order valence-corrected chi connectivity index (χ0v) is 15.0. The van der Waals surface area contributed by atoms with Crippen LogP contribution >= 0.6 is 0 Å². The fraction of sp³-hybridized carbons (Fsp3) is 0.500. The smallest absolute Gasteiger partial charge is 0.317 e. The van der Waals surface area contributed by atoms with E-state index in [0.29, 0.717) is 24.1 Å². The average molecular weight is 343 g/mol. The third-order valence-electron chi connectivity index (χ3n) is 5.05. The first-order valence-corrected chi connectivity index (χ1v) is 8.65. The summed E-state index contributed by atoms with van der Waals surface area (Å²) in [5, 5.41) is 9.98. The Morgan fingerprint density at radius 3 is 2.72 bits per heavy atom. The van der Waals surface area contributed by atoms with Gasteiger partial charge in [-0.05, 0) is 49.9 Å². The number of aromatic nitrogens is 3. The van der Waals surface area contributed by atoms with E-state index in [9.17, 15) is 4.79 Å². The molecule has 1 aromatic heterocycles. The molecule has 0 aliphatic heterocycles. The van der Waals surface area contributed by atoms with E-state index in [1.54, 1.807) is 12.0 Å². The summed E-state index contributed by atoms with van der Waals surface area (Å²) in [5.41, 5.74) is 0.894. The largest absolute Gasteiger partial charge is 0.497 e. The molecule has 1 heterocycles. The lowest BCUT2D eigenvalue weighted by Crippen LogP contribution is -2.46. The van der Waals surface area contributed by atoms with E-state index in [2.05, 4.69) is 27.4 Å². The van der Waals surface area contributed by atoms with Gasteiger partial charge in [0.15, 0.2) is 5.82 Å². The number of hydrogen-bond donors (Lipinski definition) is 2. The summed E-state index contributed by atoms with van der Waals surface area (Å²) in [7, 11) is 3.48. The maximum Gasteiger partial charge on any atom is 0.317 e. The van der Waals surface area contributed by atoms with Crippen molar-refractivity contribution in [3.63, 3.8) is 0 Å². The zero-order valence-electron chi connectivity index (χ0n) is 15.0.